The first-order valence-corrected chi connectivity index (χ1v) is 8.78. The van der Waals surface area contributed by atoms with Gasteiger partial charge in [-0.1, -0.05) is 23.2 Å². The van der Waals surface area contributed by atoms with Crippen LogP contribution in [0.4, 0.5) is 5.69 Å². The zero-order valence-corrected chi connectivity index (χ0v) is 18.1. The molecule has 0 amide bonds. The molecule has 1 aliphatic rings. The SMILES string of the molecule is I.NC(=NCCOc1ncc(Cl)cc1Cl)Nc1ccc2c(c1)OCCCO2. The maximum atomic E-state index is 5.98. The number of guanidine groups is 1. The zero-order chi connectivity index (χ0) is 18.4. The van der Waals surface area contributed by atoms with E-state index in [9.17, 15) is 0 Å². The molecule has 146 valence electrons. The summed E-state index contributed by atoms with van der Waals surface area (Å²) in [6.07, 6.45) is 2.32. The fourth-order valence-corrected chi connectivity index (χ4v) is 2.68. The molecule has 0 radical (unpaired) electrons. The van der Waals surface area contributed by atoms with E-state index in [0.29, 0.717) is 41.4 Å². The second-order valence-corrected chi connectivity index (χ2v) is 6.24. The minimum atomic E-state index is 0. The number of nitrogens with two attached hydrogens (primary N) is 1. The number of halogens is 3. The normalized spacial score (nSPS) is 13.3. The fourth-order valence-electron chi connectivity index (χ4n) is 2.25. The molecular weight excluding hydrogens is 506 g/mol. The van der Waals surface area contributed by atoms with Crippen LogP contribution in [0.5, 0.6) is 17.4 Å². The number of pyridine rings is 1. The summed E-state index contributed by atoms with van der Waals surface area (Å²) in [5, 5.41) is 3.80. The van der Waals surface area contributed by atoms with Crippen molar-refractivity contribution in [3.05, 3.63) is 40.5 Å². The quantitative estimate of drug-likeness (QED) is 0.266. The second kappa shape index (κ2) is 10.6. The van der Waals surface area contributed by atoms with Crippen LogP contribution >= 0.6 is 47.2 Å². The summed E-state index contributed by atoms with van der Waals surface area (Å²) >= 11 is 11.8. The summed E-state index contributed by atoms with van der Waals surface area (Å²) in [4.78, 5) is 8.21. The number of rotatable bonds is 5. The lowest BCUT2D eigenvalue weighted by atomic mass is 10.3. The molecule has 3 rings (SSSR count). The van der Waals surface area contributed by atoms with E-state index in [4.69, 9.17) is 43.1 Å². The molecule has 10 heteroatoms. The third-order valence-electron chi connectivity index (χ3n) is 3.41. The first-order chi connectivity index (χ1) is 12.6. The van der Waals surface area contributed by atoms with Crippen LogP contribution in [0.25, 0.3) is 0 Å². The molecule has 27 heavy (non-hydrogen) atoms. The minimum absolute atomic E-state index is 0. The molecule has 1 aromatic carbocycles. The molecule has 1 aliphatic heterocycles. The highest BCUT2D eigenvalue weighted by Crippen LogP contribution is 2.32. The molecular formula is C17H19Cl2IN4O3. The van der Waals surface area contributed by atoms with Crippen molar-refractivity contribution in [2.75, 3.05) is 31.7 Å². The number of ether oxygens (including phenoxy) is 3. The first-order valence-electron chi connectivity index (χ1n) is 8.02. The highest BCUT2D eigenvalue weighted by atomic mass is 127. The van der Waals surface area contributed by atoms with E-state index in [2.05, 4.69) is 15.3 Å². The van der Waals surface area contributed by atoms with Gasteiger partial charge in [0, 0.05) is 24.4 Å². The molecule has 2 heterocycles. The van der Waals surface area contributed by atoms with E-state index in [1.54, 1.807) is 6.07 Å². The van der Waals surface area contributed by atoms with Gasteiger partial charge in [-0.2, -0.15) is 0 Å². The largest absolute Gasteiger partial charge is 0.490 e. The molecule has 7 nitrogen and oxygen atoms in total. The Bertz CT molecular complexity index is 808. The molecule has 3 N–H and O–H groups in total. The van der Waals surface area contributed by atoms with Crippen LogP contribution in [0.3, 0.4) is 0 Å². The van der Waals surface area contributed by atoms with Crippen LogP contribution in [0.15, 0.2) is 35.5 Å². The van der Waals surface area contributed by atoms with Crippen molar-refractivity contribution in [1.82, 2.24) is 4.98 Å². The van der Waals surface area contributed by atoms with E-state index >= 15 is 0 Å². The van der Waals surface area contributed by atoms with E-state index in [0.717, 1.165) is 17.9 Å². The van der Waals surface area contributed by atoms with Crippen molar-refractivity contribution < 1.29 is 14.2 Å². The number of nitrogens with zero attached hydrogens (tertiary/aromatic N) is 2. The minimum Gasteiger partial charge on any atom is -0.490 e. The lowest BCUT2D eigenvalue weighted by Crippen LogP contribution is -2.23. The molecule has 0 aliphatic carbocycles. The van der Waals surface area contributed by atoms with E-state index in [1.807, 2.05) is 18.2 Å². The number of nitrogens with one attached hydrogen (secondary N) is 1. The zero-order valence-electron chi connectivity index (χ0n) is 14.3. The van der Waals surface area contributed by atoms with Gasteiger partial charge >= 0.3 is 0 Å². The average molecular weight is 525 g/mol. The molecule has 2 aromatic rings. The van der Waals surface area contributed by atoms with Crippen LogP contribution in [0.2, 0.25) is 10.0 Å². The maximum absolute atomic E-state index is 5.98. The van der Waals surface area contributed by atoms with Crippen LogP contribution in [0.1, 0.15) is 6.42 Å². The Hall–Kier alpha value is -1.65. The van der Waals surface area contributed by atoms with Gasteiger partial charge in [-0.05, 0) is 18.2 Å². The number of aromatic nitrogens is 1. The van der Waals surface area contributed by atoms with Crippen molar-refractivity contribution in [2.45, 2.75) is 6.42 Å². The van der Waals surface area contributed by atoms with Crippen LogP contribution in [0, 0.1) is 0 Å². The van der Waals surface area contributed by atoms with Crippen LogP contribution in [-0.4, -0.2) is 37.3 Å². The molecule has 0 saturated heterocycles. The summed E-state index contributed by atoms with van der Waals surface area (Å²) in [6.45, 7) is 1.89. The Labute approximate surface area is 184 Å². The Balaban J connectivity index is 0.00000261. The Morgan fingerprint density at radius 1 is 1.22 bits per heavy atom. The van der Waals surface area contributed by atoms with Gasteiger partial charge in [0.2, 0.25) is 5.88 Å². The number of benzene rings is 1. The lowest BCUT2D eigenvalue weighted by molar-refractivity contribution is 0.297. The van der Waals surface area contributed by atoms with E-state index in [-0.39, 0.29) is 36.5 Å². The molecule has 0 unspecified atom stereocenters. The van der Waals surface area contributed by atoms with Gasteiger partial charge < -0.3 is 25.3 Å². The molecule has 0 fully saturated rings. The lowest BCUT2D eigenvalue weighted by Gasteiger charge is -2.11. The van der Waals surface area contributed by atoms with Gasteiger partial charge in [-0.25, -0.2) is 9.98 Å². The molecule has 1 aromatic heterocycles. The average Bonchev–Trinajstić information content (AvgIpc) is 2.85. The van der Waals surface area contributed by atoms with Crippen molar-refractivity contribution in [3.63, 3.8) is 0 Å². The first kappa shape index (κ1) is 21.6. The third-order valence-corrected chi connectivity index (χ3v) is 3.88. The highest BCUT2D eigenvalue weighted by molar-refractivity contribution is 14.0. The number of fused-ring (bicyclic) bond motifs is 1. The maximum Gasteiger partial charge on any atom is 0.232 e. The van der Waals surface area contributed by atoms with Gasteiger partial charge in [0.25, 0.3) is 0 Å². The predicted octanol–water partition coefficient (Wildman–Crippen LogP) is 3.97. The van der Waals surface area contributed by atoms with Gasteiger partial charge in [0.15, 0.2) is 17.5 Å². The Kier molecular flexibility index (Phi) is 8.52. The standard InChI is InChI=1S/C17H18Cl2N4O3.HI/c18-11-8-13(19)16(22-10-11)26-7-4-21-17(20)23-12-2-3-14-15(9-12)25-6-1-5-24-14;/h2-3,8-10H,1,4-7H2,(H3,20,21,23);1H. The summed E-state index contributed by atoms with van der Waals surface area (Å²) < 4.78 is 16.7. The fraction of sp³-hybridized carbons (Fsp3) is 0.294. The van der Waals surface area contributed by atoms with Gasteiger partial charge in [-0.15, -0.1) is 24.0 Å². The molecule has 0 spiro atoms. The monoisotopic (exact) mass is 524 g/mol. The Morgan fingerprint density at radius 2 is 2.00 bits per heavy atom. The summed E-state index contributed by atoms with van der Waals surface area (Å²) in [5.41, 5.74) is 6.66. The molecule has 0 saturated carbocycles. The van der Waals surface area contributed by atoms with Crippen LogP contribution in [-0.2, 0) is 0 Å². The third kappa shape index (κ3) is 6.47. The van der Waals surface area contributed by atoms with E-state index in [1.165, 1.54) is 6.20 Å². The second-order valence-electron chi connectivity index (χ2n) is 5.39. The summed E-state index contributed by atoms with van der Waals surface area (Å²) in [7, 11) is 0. The summed E-state index contributed by atoms with van der Waals surface area (Å²) in [5.74, 6) is 1.98. The molecule has 0 atom stereocenters. The van der Waals surface area contributed by atoms with Crippen molar-refractivity contribution in [1.29, 1.82) is 0 Å². The summed E-state index contributed by atoms with van der Waals surface area (Å²) in [6, 6.07) is 7.09. The van der Waals surface area contributed by atoms with Gasteiger partial charge in [0.1, 0.15) is 11.6 Å². The van der Waals surface area contributed by atoms with Crippen molar-refractivity contribution >= 4 is 58.8 Å². The smallest absolute Gasteiger partial charge is 0.232 e. The number of anilines is 1. The van der Waals surface area contributed by atoms with Crippen LogP contribution < -0.4 is 25.3 Å². The van der Waals surface area contributed by atoms with Gasteiger partial charge in [0.05, 0.1) is 24.8 Å². The van der Waals surface area contributed by atoms with Crippen molar-refractivity contribution in [3.8, 4) is 17.4 Å². The molecule has 0 bridgehead atoms. The Morgan fingerprint density at radius 3 is 2.78 bits per heavy atom. The number of hydrogen-bond acceptors (Lipinski definition) is 5. The number of aliphatic imine (C=N–C) groups is 1. The predicted molar refractivity (Wildman–Crippen MR) is 117 cm³/mol. The number of hydrogen-bond donors (Lipinski definition) is 2. The van der Waals surface area contributed by atoms with E-state index < -0.39 is 0 Å². The highest BCUT2D eigenvalue weighted by Gasteiger charge is 2.11. The van der Waals surface area contributed by atoms with Crippen molar-refractivity contribution in [2.24, 2.45) is 10.7 Å². The topological polar surface area (TPSA) is 91.0 Å². The van der Waals surface area contributed by atoms with Gasteiger partial charge in [-0.3, -0.25) is 0 Å².